The standard InChI is InChI=1S/C34H30ClN5O4/c1-5-37-32(41)28-18-26-27(19-39(4)34(43)30(26)38-28)25-14-9-22(17-29(25)44-31-20(2)7-6-8-21(31)3)33(42)40(16-15-36)24-12-10-23(35)11-13-24/h6-14,17-19,38H,5,16H2,1-4H3,(H,37,41). The lowest BCUT2D eigenvalue weighted by Gasteiger charge is -2.21. The lowest BCUT2D eigenvalue weighted by Crippen LogP contribution is -2.31. The smallest absolute Gasteiger partial charge is 0.274 e. The zero-order valence-electron chi connectivity index (χ0n) is 24.7. The van der Waals surface area contributed by atoms with Crippen molar-refractivity contribution in [3.8, 4) is 28.7 Å². The number of hydrogen-bond donors (Lipinski definition) is 2. The minimum absolute atomic E-state index is 0.178. The number of para-hydroxylation sites is 1. The van der Waals surface area contributed by atoms with E-state index in [1.54, 1.807) is 61.8 Å². The minimum Gasteiger partial charge on any atom is -0.456 e. The van der Waals surface area contributed by atoms with Crippen molar-refractivity contribution >= 4 is 40.0 Å². The molecule has 5 rings (SSSR count). The topological polar surface area (TPSA) is 120 Å². The average molecular weight is 608 g/mol. The number of nitrogens with zero attached hydrogens (tertiary/aromatic N) is 3. The Morgan fingerprint density at radius 1 is 1.05 bits per heavy atom. The zero-order chi connectivity index (χ0) is 31.5. The highest BCUT2D eigenvalue weighted by Gasteiger charge is 2.23. The van der Waals surface area contributed by atoms with Gasteiger partial charge in [0.25, 0.3) is 17.4 Å². The summed E-state index contributed by atoms with van der Waals surface area (Å²) in [5.41, 5.74) is 4.06. The first-order chi connectivity index (χ1) is 21.1. The fraction of sp³-hybridized carbons (Fsp3) is 0.176. The van der Waals surface area contributed by atoms with E-state index < -0.39 is 5.91 Å². The van der Waals surface area contributed by atoms with Crippen molar-refractivity contribution in [2.24, 2.45) is 7.05 Å². The fourth-order valence-electron chi connectivity index (χ4n) is 5.09. The Labute approximate surface area is 259 Å². The molecule has 3 aromatic carbocycles. The molecule has 0 atom stereocenters. The summed E-state index contributed by atoms with van der Waals surface area (Å²) in [4.78, 5) is 43.9. The van der Waals surface area contributed by atoms with E-state index in [2.05, 4.69) is 16.4 Å². The third kappa shape index (κ3) is 5.80. The quantitative estimate of drug-likeness (QED) is 0.195. The number of nitriles is 1. The fourth-order valence-corrected chi connectivity index (χ4v) is 5.21. The maximum atomic E-state index is 13.8. The number of halogens is 1. The zero-order valence-corrected chi connectivity index (χ0v) is 25.5. The molecular formula is C34H30ClN5O4. The average Bonchev–Trinajstić information content (AvgIpc) is 3.46. The van der Waals surface area contributed by atoms with Gasteiger partial charge in [-0.2, -0.15) is 5.26 Å². The van der Waals surface area contributed by atoms with E-state index in [1.165, 1.54) is 9.47 Å². The molecule has 2 N–H and O–H groups in total. The van der Waals surface area contributed by atoms with Crippen molar-refractivity contribution in [1.29, 1.82) is 5.26 Å². The maximum Gasteiger partial charge on any atom is 0.274 e. The molecule has 2 aromatic heterocycles. The molecular weight excluding hydrogens is 578 g/mol. The van der Waals surface area contributed by atoms with E-state index in [9.17, 15) is 19.6 Å². The Morgan fingerprint density at radius 2 is 1.75 bits per heavy atom. The molecule has 0 fully saturated rings. The molecule has 0 aliphatic heterocycles. The van der Waals surface area contributed by atoms with Crippen molar-refractivity contribution in [3.05, 3.63) is 111 Å². The Morgan fingerprint density at radius 3 is 2.41 bits per heavy atom. The Hall–Kier alpha value is -5.33. The van der Waals surface area contributed by atoms with Gasteiger partial charge < -0.3 is 19.6 Å². The van der Waals surface area contributed by atoms with Crippen LogP contribution in [0.25, 0.3) is 22.0 Å². The number of amides is 2. The van der Waals surface area contributed by atoms with Crippen molar-refractivity contribution in [3.63, 3.8) is 0 Å². The Bertz CT molecular complexity index is 1980. The number of aromatic nitrogens is 2. The number of ether oxygens (including phenoxy) is 1. The first-order valence-electron chi connectivity index (χ1n) is 14.0. The van der Waals surface area contributed by atoms with Crippen LogP contribution >= 0.6 is 11.6 Å². The largest absolute Gasteiger partial charge is 0.456 e. The third-order valence-electron chi connectivity index (χ3n) is 7.30. The number of nitrogens with one attached hydrogen (secondary N) is 2. The third-order valence-corrected chi connectivity index (χ3v) is 7.55. The van der Waals surface area contributed by atoms with E-state index >= 15 is 0 Å². The van der Waals surface area contributed by atoms with E-state index in [0.717, 1.165) is 11.1 Å². The highest BCUT2D eigenvalue weighted by molar-refractivity contribution is 6.30. The first kappa shape index (κ1) is 30.1. The lowest BCUT2D eigenvalue weighted by atomic mass is 10.00. The molecule has 0 saturated carbocycles. The van der Waals surface area contributed by atoms with Crippen LogP contribution in [0.15, 0.2) is 77.7 Å². The Balaban J connectivity index is 1.71. The van der Waals surface area contributed by atoms with Gasteiger partial charge in [-0.15, -0.1) is 0 Å². The van der Waals surface area contributed by atoms with E-state index in [0.29, 0.717) is 50.8 Å². The predicted octanol–water partition coefficient (Wildman–Crippen LogP) is 6.52. The Kier molecular flexibility index (Phi) is 8.56. The highest BCUT2D eigenvalue weighted by atomic mass is 35.5. The summed E-state index contributed by atoms with van der Waals surface area (Å²) in [6.45, 7) is 5.93. The number of carbonyl (C=O) groups is 2. The molecule has 10 heteroatoms. The highest BCUT2D eigenvalue weighted by Crippen LogP contribution is 2.39. The number of aromatic amines is 1. The van der Waals surface area contributed by atoms with Crippen molar-refractivity contribution in [1.82, 2.24) is 14.9 Å². The van der Waals surface area contributed by atoms with Gasteiger partial charge in [0, 0.05) is 52.6 Å². The molecule has 5 aromatic rings. The summed E-state index contributed by atoms with van der Waals surface area (Å²) in [5, 5.41) is 13.3. The molecule has 0 radical (unpaired) electrons. The number of fused-ring (bicyclic) bond motifs is 1. The van der Waals surface area contributed by atoms with Crippen LogP contribution in [-0.2, 0) is 7.05 Å². The van der Waals surface area contributed by atoms with Crippen molar-refractivity contribution in [2.75, 3.05) is 18.0 Å². The first-order valence-corrected chi connectivity index (χ1v) is 14.3. The van der Waals surface area contributed by atoms with Gasteiger partial charge in [0.1, 0.15) is 29.3 Å². The predicted molar refractivity (Wildman–Crippen MR) is 172 cm³/mol. The number of rotatable bonds is 8. The summed E-state index contributed by atoms with van der Waals surface area (Å²) in [7, 11) is 1.63. The van der Waals surface area contributed by atoms with Crippen LogP contribution in [0.4, 0.5) is 5.69 Å². The number of hydrogen-bond acceptors (Lipinski definition) is 5. The van der Waals surface area contributed by atoms with Crippen LogP contribution in [0.1, 0.15) is 38.9 Å². The van der Waals surface area contributed by atoms with Crippen LogP contribution in [0.5, 0.6) is 11.5 Å². The second-order valence-electron chi connectivity index (χ2n) is 10.3. The number of benzene rings is 3. The molecule has 0 aliphatic carbocycles. The van der Waals surface area contributed by atoms with Gasteiger partial charge in [0.15, 0.2) is 0 Å². The van der Waals surface area contributed by atoms with Gasteiger partial charge in [0.2, 0.25) is 0 Å². The molecule has 2 amide bonds. The van der Waals surface area contributed by atoms with Gasteiger partial charge in [-0.3, -0.25) is 19.3 Å². The van der Waals surface area contributed by atoms with E-state index in [1.807, 2.05) is 39.0 Å². The summed E-state index contributed by atoms with van der Waals surface area (Å²) >= 11 is 6.06. The van der Waals surface area contributed by atoms with Crippen LogP contribution in [0.3, 0.4) is 0 Å². The SMILES string of the molecule is CCNC(=O)c1cc2c(-c3ccc(C(=O)N(CC#N)c4ccc(Cl)cc4)cc3Oc3c(C)cccc3C)cn(C)c(=O)c2[nH]1. The minimum atomic E-state index is -0.405. The van der Waals surface area contributed by atoms with E-state index in [4.69, 9.17) is 16.3 Å². The second-order valence-corrected chi connectivity index (χ2v) is 10.8. The monoisotopic (exact) mass is 607 g/mol. The molecule has 44 heavy (non-hydrogen) atoms. The number of aryl methyl sites for hydroxylation is 3. The number of carbonyl (C=O) groups excluding carboxylic acids is 2. The van der Waals surface area contributed by atoms with Crippen LogP contribution in [0, 0.1) is 25.2 Å². The van der Waals surface area contributed by atoms with E-state index in [-0.39, 0.29) is 29.2 Å². The summed E-state index contributed by atoms with van der Waals surface area (Å²) < 4.78 is 8.00. The number of H-pyrrole nitrogens is 1. The summed E-state index contributed by atoms with van der Waals surface area (Å²) in [5.74, 6) is 0.257. The number of pyridine rings is 1. The van der Waals surface area contributed by atoms with Crippen LogP contribution in [-0.4, -0.2) is 34.5 Å². The molecule has 9 nitrogen and oxygen atoms in total. The lowest BCUT2D eigenvalue weighted by molar-refractivity contribution is 0.0950. The van der Waals surface area contributed by atoms with Crippen molar-refractivity contribution in [2.45, 2.75) is 20.8 Å². The number of anilines is 1. The van der Waals surface area contributed by atoms with Gasteiger partial charge in [-0.1, -0.05) is 29.8 Å². The van der Waals surface area contributed by atoms with Crippen LogP contribution in [0.2, 0.25) is 5.02 Å². The molecule has 0 saturated heterocycles. The molecule has 2 heterocycles. The van der Waals surface area contributed by atoms with Gasteiger partial charge in [-0.25, -0.2) is 0 Å². The van der Waals surface area contributed by atoms with Crippen molar-refractivity contribution < 1.29 is 14.3 Å². The van der Waals surface area contributed by atoms with Gasteiger partial charge >= 0.3 is 0 Å². The summed E-state index contributed by atoms with van der Waals surface area (Å²) in [6.07, 6.45) is 1.68. The maximum absolute atomic E-state index is 13.8. The normalized spacial score (nSPS) is 10.8. The molecule has 0 spiro atoms. The van der Waals surface area contributed by atoms with Gasteiger partial charge in [-0.05, 0) is 80.4 Å². The summed E-state index contributed by atoms with van der Waals surface area (Å²) in [6, 6.07) is 21.2. The second kappa shape index (κ2) is 12.5. The molecule has 0 unspecified atom stereocenters. The molecule has 0 bridgehead atoms. The molecule has 222 valence electrons. The van der Waals surface area contributed by atoms with Gasteiger partial charge in [0.05, 0.1) is 6.07 Å². The van der Waals surface area contributed by atoms with Crippen LogP contribution < -0.4 is 20.5 Å². The molecule has 0 aliphatic rings.